The molecule has 5 N–H and O–H groups in total. The Morgan fingerprint density at radius 3 is 2.29 bits per heavy atom. The predicted octanol–water partition coefficient (Wildman–Crippen LogP) is 3.95. The number of nitrogen functional groups attached to an aromatic ring is 1. The molecule has 1 heterocycles. The molecule has 4 rings (SSSR count). The van der Waals surface area contributed by atoms with Crippen LogP contribution in [0.25, 0.3) is 0 Å². The van der Waals surface area contributed by atoms with Crippen molar-refractivity contribution in [2.45, 2.75) is 51.6 Å². The maximum Gasteiger partial charge on any atom is 0.273 e. The third kappa shape index (κ3) is 5.35. The number of carbonyl (C=O) groups is 3. The molecule has 38 heavy (non-hydrogen) atoms. The van der Waals surface area contributed by atoms with Crippen molar-refractivity contribution in [1.82, 2.24) is 9.69 Å². The molecule has 0 spiro atoms. The third-order valence-electron chi connectivity index (χ3n) is 7.14. The molecule has 0 saturated heterocycles. The highest BCUT2D eigenvalue weighted by molar-refractivity contribution is 7.09. The zero-order chi connectivity index (χ0) is 27.6. The second-order valence-corrected chi connectivity index (χ2v) is 10.7. The molecule has 1 aliphatic carbocycles. The normalized spacial score (nSPS) is 14.2. The van der Waals surface area contributed by atoms with Gasteiger partial charge in [0.25, 0.3) is 11.8 Å². The molecule has 3 aromatic rings. The third-order valence-corrected chi connectivity index (χ3v) is 7.99. The maximum absolute atomic E-state index is 14.3. The lowest BCUT2D eigenvalue weighted by Gasteiger charge is -2.33. The molecule has 0 bridgehead atoms. The smallest absolute Gasteiger partial charge is 0.273 e. The Hall–Kier alpha value is -3.92. The van der Waals surface area contributed by atoms with Gasteiger partial charge in [0.15, 0.2) is 5.69 Å². The van der Waals surface area contributed by atoms with Crippen LogP contribution in [0.3, 0.4) is 0 Å². The van der Waals surface area contributed by atoms with Gasteiger partial charge < -0.3 is 21.7 Å². The van der Waals surface area contributed by atoms with Crippen LogP contribution in [0, 0.1) is 13.8 Å². The van der Waals surface area contributed by atoms with Crippen molar-refractivity contribution in [2.24, 2.45) is 5.73 Å². The van der Waals surface area contributed by atoms with E-state index in [0.29, 0.717) is 11.3 Å². The summed E-state index contributed by atoms with van der Waals surface area (Å²) in [6, 6.07) is 12.3. The SMILES string of the molecule is Cc1cccc(N(C(=O)c2snc(C(N)=O)c2N)[C@@H](C(=O)NC2CCCC2)c2ccc(N(C)C)cc2)c1C. The number of anilines is 3. The Morgan fingerprint density at radius 1 is 1.05 bits per heavy atom. The molecule has 1 aliphatic rings. The maximum atomic E-state index is 14.3. The summed E-state index contributed by atoms with van der Waals surface area (Å²) < 4.78 is 4.03. The van der Waals surface area contributed by atoms with Crippen molar-refractivity contribution in [2.75, 3.05) is 29.6 Å². The van der Waals surface area contributed by atoms with E-state index >= 15 is 0 Å². The molecule has 2 aromatic carbocycles. The van der Waals surface area contributed by atoms with Crippen molar-refractivity contribution >= 4 is 46.3 Å². The number of carbonyl (C=O) groups excluding carboxylic acids is 3. The molecule has 200 valence electrons. The number of nitrogens with zero attached hydrogens (tertiary/aromatic N) is 3. The van der Waals surface area contributed by atoms with Gasteiger partial charge in [0.2, 0.25) is 5.91 Å². The second kappa shape index (κ2) is 11.2. The molecule has 0 unspecified atom stereocenters. The van der Waals surface area contributed by atoms with E-state index in [1.54, 1.807) is 0 Å². The van der Waals surface area contributed by atoms with E-state index in [4.69, 9.17) is 11.5 Å². The molecule has 9 nitrogen and oxygen atoms in total. The summed E-state index contributed by atoms with van der Waals surface area (Å²) in [5, 5.41) is 3.18. The van der Waals surface area contributed by atoms with E-state index in [-0.39, 0.29) is 28.2 Å². The average Bonchev–Trinajstić information content (AvgIpc) is 3.53. The summed E-state index contributed by atoms with van der Waals surface area (Å²) in [4.78, 5) is 43.6. The van der Waals surface area contributed by atoms with E-state index in [2.05, 4.69) is 9.69 Å². The Kier molecular flexibility index (Phi) is 8.01. The minimum atomic E-state index is -0.988. The van der Waals surface area contributed by atoms with Crippen LogP contribution in [-0.4, -0.2) is 42.2 Å². The summed E-state index contributed by atoms with van der Waals surface area (Å²) >= 11 is 0.804. The van der Waals surface area contributed by atoms with Gasteiger partial charge in [-0.1, -0.05) is 37.1 Å². The zero-order valence-corrected chi connectivity index (χ0v) is 23.0. The Morgan fingerprint density at radius 2 is 1.71 bits per heavy atom. The van der Waals surface area contributed by atoms with Crippen molar-refractivity contribution in [3.63, 3.8) is 0 Å². The first kappa shape index (κ1) is 27.1. The highest BCUT2D eigenvalue weighted by Crippen LogP contribution is 2.36. The fourth-order valence-corrected chi connectivity index (χ4v) is 5.57. The molecule has 0 radical (unpaired) electrons. The molecule has 10 heteroatoms. The summed E-state index contributed by atoms with van der Waals surface area (Å²) in [6.45, 7) is 3.87. The monoisotopic (exact) mass is 534 g/mol. The van der Waals surface area contributed by atoms with Crippen LogP contribution in [0.1, 0.15) is 68.6 Å². The van der Waals surface area contributed by atoms with Gasteiger partial charge in [0, 0.05) is 31.5 Å². The molecule has 1 fully saturated rings. The molecular formula is C28H34N6O3S. The Bertz CT molecular complexity index is 1350. The number of nitrogens with two attached hydrogens (primary N) is 2. The summed E-state index contributed by atoms with van der Waals surface area (Å²) in [5.74, 6) is -1.61. The summed E-state index contributed by atoms with van der Waals surface area (Å²) in [5.41, 5.74) is 15.4. The lowest BCUT2D eigenvalue weighted by Crippen LogP contribution is -2.46. The fourth-order valence-electron chi connectivity index (χ4n) is 4.82. The van der Waals surface area contributed by atoms with E-state index in [1.807, 2.05) is 75.3 Å². The minimum Gasteiger partial charge on any atom is -0.395 e. The predicted molar refractivity (Wildman–Crippen MR) is 152 cm³/mol. The second-order valence-electron chi connectivity index (χ2n) is 9.91. The number of amides is 3. The Balaban J connectivity index is 1.90. The fraction of sp³-hybridized carbons (Fsp3) is 0.357. The molecule has 3 amide bonds. The van der Waals surface area contributed by atoms with Gasteiger partial charge in [-0.05, 0) is 73.1 Å². The number of hydrogen-bond donors (Lipinski definition) is 3. The minimum absolute atomic E-state index is 0.0524. The molecule has 1 atom stereocenters. The van der Waals surface area contributed by atoms with Gasteiger partial charge in [-0.15, -0.1) is 0 Å². The van der Waals surface area contributed by atoms with Crippen LogP contribution < -0.4 is 26.6 Å². The van der Waals surface area contributed by atoms with Crippen LogP contribution in [0.5, 0.6) is 0 Å². The highest BCUT2D eigenvalue weighted by atomic mass is 32.1. The number of rotatable bonds is 8. The Labute approximate surface area is 227 Å². The van der Waals surface area contributed by atoms with Gasteiger partial charge >= 0.3 is 0 Å². The summed E-state index contributed by atoms with van der Waals surface area (Å²) in [6.07, 6.45) is 3.92. The van der Waals surface area contributed by atoms with Gasteiger partial charge in [-0.3, -0.25) is 19.3 Å². The van der Waals surface area contributed by atoms with Crippen LogP contribution >= 0.6 is 11.5 Å². The average molecular weight is 535 g/mol. The first-order chi connectivity index (χ1) is 18.1. The van der Waals surface area contributed by atoms with Gasteiger partial charge in [0.1, 0.15) is 10.9 Å². The number of hydrogen-bond acceptors (Lipinski definition) is 7. The van der Waals surface area contributed by atoms with Crippen LogP contribution in [-0.2, 0) is 4.79 Å². The molecular weight excluding hydrogens is 500 g/mol. The standard InChI is InChI=1S/C28H34N6O3S/c1-16-8-7-11-21(17(16)2)34(28(37)25-22(29)23(26(30)35)32-38-25)24(27(36)31-19-9-5-6-10-19)18-12-14-20(15-13-18)33(3)4/h7-8,11-15,19,24H,5-6,9-10,29H2,1-4H3,(H2,30,35)(H,31,36)/t24-/m1/s1. The number of nitrogens with one attached hydrogen (secondary N) is 1. The van der Waals surface area contributed by atoms with Crippen molar-refractivity contribution in [3.05, 3.63) is 69.7 Å². The van der Waals surface area contributed by atoms with Crippen LogP contribution in [0.15, 0.2) is 42.5 Å². The van der Waals surface area contributed by atoms with Gasteiger partial charge in [0.05, 0.1) is 5.69 Å². The number of primary amides is 1. The van der Waals surface area contributed by atoms with E-state index in [9.17, 15) is 14.4 Å². The zero-order valence-electron chi connectivity index (χ0n) is 22.2. The lowest BCUT2D eigenvalue weighted by molar-refractivity contribution is -0.123. The largest absolute Gasteiger partial charge is 0.395 e. The van der Waals surface area contributed by atoms with E-state index in [1.165, 1.54) is 4.90 Å². The van der Waals surface area contributed by atoms with Crippen LogP contribution in [0.4, 0.5) is 17.1 Å². The lowest BCUT2D eigenvalue weighted by atomic mass is 9.99. The number of aryl methyl sites for hydroxylation is 1. The van der Waals surface area contributed by atoms with Crippen molar-refractivity contribution in [1.29, 1.82) is 0 Å². The van der Waals surface area contributed by atoms with Crippen molar-refractivity contribution < 1.29 is 14.4 Å². The first-order valence-corrected chi connectivity index (χ1v) is 13.4. The quantitative estimate of drug-likeness (QED) is 0.401. The van der Waals surface area contributed by atoms with Gasteiger partial charge in [-0.25, -0.2) is 0 Å². The molecule has 1 saturated carbocycles. The number of benzene rings is 2. The highest BCUT2D eigenvalue weighted by Gasteiger charge is 2.37. The van der Waals surface area contributed by atoms with Crippen LogP contribution in [0.2, 0.25) is 0 Å². The van der Waals surface area contributed by atoms with Crippen molar-refractivity contribution in [3.8, 4) is 0 Å². The number of aromatic nitrogens is 1. The van der Waals surface area contributed by atoms with E-state index < -0.39 is 17.9 Å². The molecule has 1 aromatic heterocycles. The van der Waals surface area contributed by atoms with Gasteiger partial charge in [-0.2, -0.15) is 4.37 Å². The topological polar surface area (TPSA) is 135 Å². The van der Waals surface area contributed by atoms with E-state index in [0.717, 1.165) is 54.0 Å². The molecule has 0 aliphatic heterocycles. The summed E-state index contributed by atoms with van der Waals surface area (Å²) in [7, 11) is 3.88. The first-order valence-electron chi connectivity index (χ1n) is 12.6.